The maximum atomic E-state index is 12.0. The molecule has 7 heteroatoms. The van der Waals surface area contributed by atoms with Crippen LogP contribution in [0.4, 0.5) is 10.5 Å². The first-order valence-corrected chi connectivity index (χ1v) is 7.61. The molecule has 0 fully saturated rings. The Kier molecular flexibility index (Phi) is 6.28. The van der Waals surface area contributed by atoms with Gasteiger partial charge in [-0.2, -0.15) is 0 Å². The Morgan fingerprint density at radius 3 is 2.42 bits per heavy atom. The molecule has 6 nitrogen and oxygen atoms in total. The number of aliphatic hydroxyl groups excluding tert-OH is 1. The van der Waals surface area contributed by atoms with Crippen molar-refractivity contribution < 1.29 is 19.4 Å². The predicted octanol–water partition coefficient (Wildman–Crippen LogP) is 3.21. The minimum atomic E-state index is -0.853. The van der Waals surface area contributed by atoms with E-state index in [1.54, 1.807) is 42.5 Å². The topological polar surface area (TPSA) is 79.8 Å². The number of benzene rings is 2. The fourth-order valence-electron chi connectivity index (χ4n) is 2.08. The Hall–Kier alpha value is -2.44. The molecule has 0 saturated carbocycles. The average molecular weight is 351 g/mol. The van der Waals surface area contributed by atoms with Gasteiger partial charge in [-0.1, -0.05) is 23.7 Å². The summed E-state index contributed by atoms with van der Waals surface area (Å²) in [5.41, 5.74) is 1.15. The molecule has 0 heterocycles. The number of carbonyl (C=O) groups excluding carboxylic acids is 1. The number of hydrogen-bond acceptors (Lipinski definition) is 4. The van der Waals surface area contributed by atoms with E-state index in [4.69, 9.17) is 21.1 Å². The summed E-state index contributed by atoms with van der Waals surface area (Å²) in [5, 5.41) is 15.9. The lowest BCUT2D eigenvalue weighted by molar-refractivity contribution is 0.175. The molecule has 2 aromatic rings. The lowest BCUT2D eigenvalue weighted by Gasteiger charge is -2.14. The van der Waals surface area contributed by atoms with Crippen molar-refractivity contribution in [2.75, 3.05) is 26.1 Å². The Balaban J connectivity index is 1.93. The Labute approximate surface area is 145 Å². The highest BCUT2D eigenvalue weighted by atomic mass is 35.5. The molecular weight excluding hydrogens is 332 g/mol. The van der Waals surface area contributed by atoms with Crippen molar-refractivity contribution in [2.45, 2.75) is 6.10 Å². The van der Waals surface area contributed by atoms with E-state index in [9.17, 15) is 9.90 Å². The molecule has 2 aromatic carbocycles. The van der Waals surface area contributed by atoms with Gasteiger partial charge in [-0.25, -0.2) is 4.79 Å². The van der Waals surface area contributed by atoms with Crippen molar-refractivity contribution in [1.29, 1.82) is 0 Å². The van der Waals surface area contributed by atoms with Crippen LogP contribution in [-0.2, 0) is 0 Å². The number of anilines is 1. The van der Waals surface area contributed by atoms with Gasteiger partial charge in [-0.15, -0.1) is 0 Å². The monoisotopic (exact) mass is 350 g/mol. The summed E-state index contributed by atoms with van der Waals surface area (Å²) in [7, 11) is 3.06. The maximum absolute atomic E-state index is 12.0. The Bertz CT molecular complexity index is 686. The third-order valence-electron chi connectivity index (χ3n) is 3.30. The summed E-state index contributed by atoms with van der Waals surface area (Å²) in [5.74, 6) is 1.12. The number of hydrogen-bond donors (Lipinski definition) is 3. The number of amides is 2. The van der Waals surface area contributed by atoms with E-state index < -0.39 is 12.1 Å². The van der Waals surface area contributed by atoms with E-state index in [-0.39, 0.29) is 6.54 Å². The number of carbonyl (C=O) groups is 1. The van der Waals surface area contributed by atoms with Crippen molar-refractivity contribution in [3.8, 4) is 11.5 Å². The van der Waals surface area contributed by atoms with E-state index in [2.05, 4.69) is 10.6 Å². The third kappa shape index (κ3) is 5.04. The van der Waals surface area contributed by atoms with Crippen LogP contribution in [0.2, 0.25) is 5.02 Å². The van der Waals surface area contributed by atoms with Crippen LogP contribution in [-0.4, -0.2) is 31.9 Å². The summed E-state index contributed by atoms with van der Waals surface area (Å²) in [6.07, 6.45) is -0.853. The second-order valence-corrected chi connectivity index (χ2v) is 5.44. The highest BCUT2D eigenvalue weighted by molar-refractivity contribution is 6.30. The zero-order chi connectivity index (χ0) is 17.5. The molecule has 0 saturated heterocycles. The third-order valence-corrected chi connectivity index (χ3v) is 3.53. The highest BCUT2D eigenvalue weighted by Crippen LogP contribution is 2.25. The van der Waals surface area contributed by atoms with Crippen LogP contribution in [0.15, 0.2) is 42.5 Å². The smallest absolute Gasteiger partial charge is 0.319 e. The van der Waals surface area contributed by atoms with E-state index >= 15 is 0 Å². The van der Waals surface area contributed by atoms with Gasteiger partial charge < -0.3 is 25.2 Å². The molecule has 0 aliphatic carbocycles. The van der Waals surface area contributed by atoms with Gasteiger partial charge in [-0.3, -0.25) is 0 Å². The van der Waals surface area contributed by atoms with Crippen molar-refractivity contribution in [3.63, 3.8) is 0 Å². The van der Waals surface area contributed by atoms with Crippen LogP contribution in [0, 0.1) is 0 Å². The number of rotatable bonds is 6. The van der Waals surface area contributed by atoms with Crippen LogP contribution in [0.1, 0.15) is 11.7 Å². The van der Waals surface area contributed by atoms with Crippen molar-refractivity contribution in [1.82, 2.24) is 5.32 Å². The molecule has 3 N–H and O–H groups in total. The van der Waals surface area contributed by atoms with Crippen LogP contribution in [0.5, 0.6) is 11.5 Å². The van der Waals surface area contributed by atoms with E-state index in [1.165, 1.54) is 14.2 Å². The Morgan fingerprint density at radius 2 is 1.83 bits per heavy atom. The van der Waals surface area contributed by atoms with Crippen LogP contribution >= 0.6 is 11.6 Å². The van der Waals surface area contributed by atoms with E-state index in [1.807, 2.05) is 0 Å². The van der Waals surface area contributed by atoms with Crippen molar-refractivity contribution in [3.05, 3.63) is 53.1 Å². The van der Waals surface area contributed by atoms with Gasteiger partial charge in [0.15, 0.2) is 0 Å². The van der Waals surface area contributed by atoms with Gasteiger partial charge >= 0.3 is 6.03 Å². The standard InChI is InChI=1S/C17H19ClN2O4/c1-23-14-7-13(8-15(9-14)24-2)20-17(22)19-10-16(21)11-4-3-5-12(18)6-11/h3-9,16,21H,10H2,1-2H3,(H2,19,20,22)/t16-/m0/s1. The van der Waals surface area contributed by atoms with Crippen LogP contribution in [0.3, 0.4) is 0 Å². The van der Waals surface area contributed by atoms with Gasteiger partial charge in [-0.05, 0) is 17.7 Å². The van der Waals surface area contributed by atoms with Crippen molar-refractivity contribution >= 4 is 23.3 Å². The van der Waals surface area contributed by atoms with Gasteiger partial charge in [0.05, 0.1) is 20.3 Å². The molecule has 128 valence electrons. The second kappa shape index (κ2) is 8.42. The van der Waals surface area contributed by atoms with Gasteiger partial charge in [0.25, 0.3) is 0 Å². The lowest BCUT2D eigenvalue weighted by atomic mass is 10.1. The molecule has 2 rings (SSSR count). The summed E-state index contributed by atoms with van der Waals surface area (Å²) < 4.78 is 10.3. The van der Waals surface area contributed by atoms with E-state index in [0.29, 0.717) is 27.8 Å². The predicted molar refractivity (Wildman–Crippen MR) is 93.0 cm³/mol. The SMILES string of the molecule is COc1cc(NC(=O)NC[C@H](O)c2cccc(Cl)c2)cc(OC)c1. The average Bonchev–Trinajstić information content (AvgIpc) is 2.59. The second-order valence-electron chi connectivity index (χ2n) is 5.01. The first-order chi connectivity index (χ1) is 11.5. The molecule has 0 unspecified atom stereocenters. The number of nitrogens with one attached hydrogen (secondary N) is 2. The molecule has 24 heavy (non-hydrogen) atoms. The first kappa shape index (κ1) is 17.9. The molecule has 0 aliphatic heterocycles. The van der Waals surface area contributed by atoms with Crippen molar-refractivity contribution in [2.24, 2.45) is 0 Å². The van der Waals surface area contributed by atoms with Gasteiger partial charge in [0.2, 0.25) is 0 Å². The molecule has 0 aliphatic rings. The van der Waals surface area contributed by atoms with E-state index in [0.717, 1.165) is 0 Å². The lowest BCUT2D eigenvalue weighted by Crippen LogP contribution is -2.32. The number of aliphatic hydroxyl groups is 1. The Morgan fingerprint density at radius 1 is 1.17 bits per heavy atom. The molecular formula is C17H19ClN2O4. The quantitative estimate of drug-likeness (QED) is 0.747. The molecule has 2 amide bonds. The minimum absolute atomic E-state index is 0.0489. The van der Waals surface area contributed by atoms with Gasteiger partial charge in [0.1, 0.15) is 11.5 Å². The zero-order valence-electron chi connectivity index (χ0n) is 13.4. The van der Waals surface area contributed by atoms with Crippen LogP contribution < -0.4 is 20.1 Å². The van der Waals surface area contributed by atoms with Crippen LogP contribution in [0.25, 0.3) is 0 Å². The summed E-state index contributed by atoms with van der Waals surface area (Å²) in [4.78, 5) is 12.0. The first-order valence-electron chi connectivity index (χ1n) is 7.23. The normalized spacial score (nSPS) is 11.5. The highest BCUT2D eigenvalue weighted by Gasteiger charge is 2.11. The maximum Gasteiger partial charge on any atom is 0.319 e. The summed E-state index contributed by atoms with van der Waals surface area (Å²) in [6.45, 7) is 0.0489. The molecule has 1 atom stereocenters. The fourth-order valence-corrected chi connectivity index (χ4v) is 2.27. The number of methoxy groups -OCH3 is 2. The minimum Gasteiger partial charge on any atom is -0.497 e. The summed E-state index contributed by atoms with van der Waals surface area (Å²) >= 11 is 5.88. The molecule has 0 aromatic heterocycles. The van der Waals surface area contributed by atoms with Gasteiger partial charge in [0, 0.05) is 35.5 Å². The number of urea groups is 1. The molecule has 0 spiro atoms. The number of halogens is 1. The number of ether oxygens (including phenoxy) is 2. The summed E-state index contributed by atoms with van der Waals surface area (Å²) in [6, 6.07) is 11.4. The molecule has 0 bridgehead atoms. The largest absolute Gasteiger partial charge is 0.497 e. The zero-order valence-corrected chi connectivity index (χ0v) is 14.1. The fraction of sp³-hybridized carbons (Fsp3) is 0.235. The molecule has 0 radical (unpaired) electrons.